The summed E-state index contributed by atoms with van der Waals surface area (Å²) < 4.78 is 6.55. The van der Waals surface area contributed by atoms with Gasteiger partial charge in [0, 0.05) is 5.75 Å². The van der Waals surface area contributed by atoms with E-state index in [0.717, 1.165) is 20.5 Å². The van der Waals surface area contributed by atoms with Crippen LogP contribution in [0.1, 0.15) is 5.01 Å². The average molecular weight is 332 g/mol. The lowest BCUT2D eigenvalue weighted by Gasteiger charge is -2.11. The van der Waals surface area contributed by atoms with Crippen LogP contribution in [0, 0.1) is 6.92 Å². The van der Waals surface area contributed by atoms with Crippen LogP contribution < -0.4 is 4.74 Å². The van der Waals surface area contributed by atoms with Gasteiger partial charge in [-0.2, -0.15) is 0 Å². The summed E-state index contributed by atoms with van der Waals surface area (Å²) in [5, 5.41) is 21.2. The van der Waals surface area contributed by atoms with E-state index in [9.17, 15) is 5.11 Å². The molecule has 1 atom stereocenters. The number of thioether (sulfide) groups is 1. The van der Waals surface area contributed by atoms with E-state index in [0.29, 0.717) is 5.75 Å². The van der Waals surface area contributed by atoms with E-state index in [2.05, 4.69) is 16.3 Å². The summed E-state index contributed by atoms with van der Waals surface area (Å²) in [6.07, 6.45) is -0.541. The lowest BCUT2D eigenvalue weighted by molar-refractivity contribution is 0.126. The number of aliphatic hydroxyl groups is 1. The van der Waals surface area contributed by atoms with Gasteiger partial charge in [0.2, 0.25) is 0 Å². The molecule has 0 fully saturated rings. The minimum absolute atomic E-state index is 0.267. The van der Waals surface area contributed by atoms with Gasteiger partial charge in [-0.3, -0.25) is 0 Å². The predicted octanol–water partition coefficient (Wildman–Crippen LogP) is 3.53. The SMILES string of the molecule is Cc1nnc(SC[C@H](O)COc2ccc3ccccc3c2)s1. The lowest BCUT2D eigenvalue weighted by Crippen LogP contribution is -2.20. The number of aliphatic hydroxyl groups excluding tert-OH is 1. The summed E-state index contributed by atoms with van der Waals surface area (Å²) in [6.45, 7) is 2.18. The molecule has 114 valence electrons. The Hall–Kier alpha value is -1.63. The minimum Gasteiger partial charge on any atom is -0.491 e. The third-order valence-electron chi connectivity index (χ3n) is 3.07. The standard InChI is InChI=1S/C16H16N2O2S2/c1-11-17-18-16(22-11)21-10-14(19)9-20-15-7-6-12-4-2-3-5-13(12)8-15/h2-8,14,19H,9-10H2,1H3/t14-/m1/s1. The number of hydrogen-bond acceptors (Lipinski definition) is 6. The topological polar surface area (TPSA) is 55.2 Å². The summed E-state index contributed by atoms with van der Waals surface area (Å²) in [5.41, 5.74) is 0. The van der Waals surface area contributed by atoms with E-state index in [4.69, 9.17) is 4.74 Å². The average Bonchev–Trinajstić information content (AvgIpc) is 2.96. The molecule has 0 aliphatic rings. The molecular weight excluding hydrogens is 316 g/mol. The second-order valence-corrected chi connectivity index (χ2v) is 7.32. The summed E-state index contributed by atoms with van der Waals surface area (Å²) in [7, 11) is 0. The number of aromatic nitrogens is 2. The first-order valence-electron chi connectivity index (χ1n) is 6.93. The number of ether oxygens (including phenoxy) is 1. The van der Waals surface area contributed by atoms with E-state index in [1.165, 1.54) is 28.5 Å². The number of benzene rings is 2. The van der Waals surface area contributed by atoms with Gasteiger partial charge in [-0.1, -0.05) is 53.4 Å². The molecule has 0 unspecified atom stereocenters. The van der Waals surface area contributed by atoms with Crippen LogP contribution in [0.25, 0.3) is 10.8 Å². The van der Waals surface area contributed by atoms with Crippen molar-refractivity contribution in [3.05, 3.63) is 47.5 Å². The highest BCUT2D eigenvalue weighted by molar-refractivity contribution is 8.01. The fourth-order valence-electron chi connectivity index (χ4n) is 2.00. The van der Waals surface area contributed by atoms with Crippen LogP contribution in [0.2, 0.25) is 0 Å². The molecule has 1 heterocycles. The Bertz CT molecular complexity index is 760. The van der Waals surface area contributed by atoms with Crippen LogP contribution in [-0.4, -0.2) is 33.8 Å². The third kappa shape index (κ3) is 3.97. The van der Waals surface area contributed by atoms with Crippen LogP contribution in [0.15, 0.2) is 46.8 Å². The molecule has 0 bridgehead atoms. The van der Waals surface area contributed by atoms with Crippen molar-refractivity contribution in [1.82, 2.24) is 10.2 Å². The Balaban J connectivity index is 1.52. The van der Waals surface area contributed by atoms with Gasteiger partial charge >= 0.3 is 0 Å². The van der Waals surface area contributed by atoms with Crippen LogP contribution in [0.5, 0.6) is 5.75 Å². The molecule has 0 saturated carbocycles. The van der Waals surface area contributed by atoms with Crippen molar-refractivity contribution in [2.24, 2.45) is 0 Å². The molecule has 0 saturated heterocycles. The molecular formula is C16H16N2O2S2. The first-order valence-corrected chi connectivity index (χ1v) is 8.73. The molecule has 0 spiro atoms. The van der Waals surface area contributed by atoms with Crippen LogP contribution in [0.4, 0.5) is 0 Å². The van der Waals surface area contributed by atoms with Crippen molar-refractivity contribution in [1.29, 1.82) is 0 Å². The Morgan fingerprint density at radius 1 is 1.18 bits per heavy atom. The summed E-state index contributed by atoms with van der Waals surface area (Å²) in [4.78, 5) is 0. The summed E-state index contributed by atoms with van der Waals surface area (Å²) in [5.74, 6) is 1.32. The highest BCUT2D eigenvalue weighted by Gasteiger charge is 2.09. The van der Waals surface area contributed by atoms with Gasteiger partial charge in [0.25, 0.3) is 0 Å². The molecule has 2 aromatic carbocycles. The molecule has 6 heteroatoms. The number of rotatable bonds is 6. The fourth-order valence-corrected chi connectivity index (χ4v) is 3.75. The van der Waals surface area contributed by atoms with Gasteiger partial charge in [-0.05, 0) is 29.8 Å². The van der Waals surface area contributed by atoms with Crippen molar-refractivity contribution in [2.45, 2.75) is 17.4 Å². The van der Waals surface area contributed by atoms with E-state index >= 15 is 0 Å². The zero-order valence-electron chi connectivity index (χ0n) is 12.1. The highest BCUT2D eigenvalue weighted by atomic mass is 32.2. The third-order valence-corrected chi connectivity index (χ3v) is 5.19. The summed E-state index contributed by atoms with van der Waals surface area (Å²) in [6, 6.07) is 14.1. The van der Waals surface area contributed by atoms with Crippen molar-refractivity contribution in [2.75, 3.05) is 12.4 Å². The van der Waals surface area contributed by atoms with Gasteiger partial charge in [0.1, 0.15) is 17.4 Å². The summed E-state index contributed by atoms with van der Waals surface area (Å²) >= 11 is 3.04. The van der Waals surface area contributed by atoms with Crippen molar-refractivity contribution in [3.63, 3.8) is 0 Å². The van der Waals surface area contributed by atoms with Crippen LogP contribution in [0.3, 0.4) is 0 Å². The molecule has 0 amide bonds. The molecule has 0 aliphatic carbocycles. The molecule has 3 aromatic rings. The van der Waals surface area contributed by atoms with Gasteiger partial charge in [0.05, 0.1) is 6.10 Å². The van der Waals surface area contributed by atoms with Gasteiger partial charge < -0.3 is 9.84 Å². The molecule has 0 radical (unpaired) electrons. The Morgan fingerprint density at radius 3 is 2.77 bits per heavy atom. The molecule has 22 heavy (non-hydrogen) atoms. The monoisotopic (exact) mass is 332 g/mol. The minimum atomic E-state index is -0.541. The molecule has 3 rings (SSSR count). The van der Waals surface area contributed by atoms with Gasteiger partial charge in [-0.25, -0.2) is 0 Å². The predicted molar refractivity (Wildman–Crippen MR) is 90.8 cm³/mol. The van der Waals surface area contributed by atoms with Crippen molar-refractivity contribution < 1.29 is 9.84 Å². The van der Waals surface area contributed by atoms with Gasteiger partial charge in [-0.15, -0.1) is 10.2 Å². The maximum Gasteiger partial charge on any atom is 0.174 e. The highest BCUT2D eigenvalue weighted by Crippen LogP contribution is 2.23. The molecule has 0 aliphatic heterocycles. The first kappa shape index (κ1) is 15.3. The van der Waals surface area contributed by atoms with E-state index < -0.39 is 6.10 Å². The van der Waals surface area contributed by atoms with E-state index in [1.807, 2.05) is 43.3 Å². The fraction of sp³-hybridized carbons (Fsp3) is 0.250. The Labute approximate surface area is 137 Å². The first-order chi connectivity index (χ1) is 10.7. The van der Waals surface area contributed by atoms with Gasteiger partial charge in [0.15, 0.2) is 4.34 Å². The number of nitrogens with zero attached hydrogens (tertiary/aromatic N) is 2. The largest absolute Gasteiger partial charge is 0.491 e. The molecule has 1 N–H and O–H groups in total. The van der Waals surface area contributed by atoms with Crippen LogP contribution in [-0.2, 0) is 0 Å². The number of aryl methyl sites for hydroxylation is 1. The van der Waals surface area contributed by atoms with E-state index in [-0.39, 0.29) is 6.61 Å². The second-order valence-electron chi connectivity index (χ2n) is 4.87. The quantitative estimate of drug-likeness (QED) is 0.700. The second kappa shape index (κ2) is 7.09. The lowest BCUT2D eigenvalue weighted by atomic mass is 10.1. The Morgan fingerprint density at radius 2 is 2.00 bits per heavy atom. The number of hydrogen-bond donors (Lipinski definition) is 1. The zero-order valence-corrected chi connectivity index (χ0v) is 13.7. The maximum atomic E-state index is 10.0. The molecule has 4 nitrogen and oxygen atoms in total. The normalized spacial score (nSPS) is 12.5. The maximum absolute atomic E-state index is 10.0. The smallest absolute Gasteiger partial charge is 0.174 e. The van der Waals surface area contributed by atoms with Crippen molar-refractivity contribution in [3.8, 4) is 5.75 Å². The van der Waals surface area contributed by atoms with Crippen LogP contribution >= 0.6 is 23.1 Å². The molecule has 1 aromatic heterocycles. The van der Waals surface area contributed by atoms with E-state index in [1.54, 1.807) is 0 Å². The Kier molecular flexibility index (Phi) is 4.92. The number of fused-ring (bicyclic) bond motifs is 1. The van der Waals surface area contributed by atoms with Crippen molar-refractivity contribution >= 4 is 33.9 Å². The zero-order chi connectivity index (χ0) is 15.4.